The first-order chi connectivity index (χ1) is 20.0. The summed E-state index contributed by atoms with van der Waals surface area (Å²) in [7, 11) is 0. The van der Waals surface area contributed by atoms with Gasteiger partial charge in [0.25, 0.3) is 5.91 Å². The van der Waals surface area contributed by atoms with Crippen LogP contribution in [0.5, 0.6) is 0 Å². The van der Waals surface area contributed by atoms with Gasteiger partial charge in [-0.1, -0.05) is 6.07 Å². The maximum absolute atomic E-state index is 13.5. The quantitative estimate of drug-likeness (QED) is 0.433. The fourth-order valence-electron chi connectivity index (χ4n) is 6.43. The van der Waals surface area contributed by atoms with Gasteiger partial charge in [-0.3, -0.25) is 14.4 Å². The Hall–Kier alpha value is -3.22. The van der Waals surface area contributed by atoms with Gasteiger partial charge in [0.1, 0.15) is 22.5 Å². The molecule has 226 valence electrons. The van der Waals surface area contributed by atoms with Crippen molar-refractivity contribution in [3.05, 3.63) is 35.9 Å². The molecule has 3 amide bonds. The Balaban J connectivity index is 1.26. The lowest BCUT2D eigenvalue weighted by atomic mass is 9.93. The molecule has 5 heterocycles. The van der Waals surface area contributed by atoms with Gasteiger partial charge in [-0.15, -0.1) is 0 Å². The van der Waals surface area contributed by atoms with E-state index in [0.717, 1.165) is 50.1 Å². The Morgan fingerprint density at radius 2 is 1.90 bits per heavy atom. The van der Waals surface area contributed by atoms with Crippen LogP contribution in [-0.4, -0.2) is 71.2 Å². The molecular weight excluding hydrogens is 567 g/mol. The number of carbonyl (C=O) groups is 2. The van der Waals surface area contributed by atoms with E-state index >= 15 is 0 Å². The highest BCUT2D eigenvalue weighted by Gasteiger charge is 2.62. The number of amides is 3. The van der Waals surface area contributed by atoms with Crippen LogP contribution in [0.3, 0.4) is 0 Å². The Bertz CT molecular complexity index is 1370. The summed E-state index contributed by atoms with van der Waals surface area (Å²) < 4.78 is 43.2. The highest BCUT2D eigenvalue weighted by molar-refractivity contribution is 7.97. The van der Waals surface area contributed by atoms with Crippen molar-refractivity contribution >= 4 is 41.3 Å². The van der Waals surface area contributed by atoms with Gasteiger partial charge in [0, 0.05) is 50.2 Å². The van der Waals surface area contributed by atoms with Crippen LogP contribution in [-0.2, 0) is 0 Å². The molecule has 6 rings (SSSR count). The summed E-state index contributed by atoms with van der Waals surface area (Å²) >= 11 is 1.13. The van der Waals surface area contributed by atoms with Gasteiger partial charge in [-0.25, -0.2) is 14.8 Å². The molecule has 1 saturated carbocycles. The first-order valence-corrected chi connectivity index (χ1v) is 15.4. The number of carbonyl (C=O) groups excluding carboxylic acids is 2. The van der Waals surface area contributed by atoms with E-state index in [1.807, 2.05) is 18.2 Å². The maximum atomic E-state index is 13.5. The summed E-state index contributed by atoms with van der Waals surface area (Å²) in [6.45, 7) is 6.52. The number of alkyl halides is 3. The number of nitrogens with one attached hydrogen (secondary N) is 2. The lowest BCUT2D eigenvalue weighted by molar-refractivity contribution is -0.189. The predicted octanol–water partition coefficient (Wildman–Crippen LogP) is 5.70. The summed E-state index contributed by atoms with van der Waals surface area (Å²) in [5, 5.41) is 4.03. The Labute approximate surface area is 247 Å². The zero-order chi connectivity index (χ0) is 29.7. The van der Waals surface area contributed by atoms with Crippen LogP contribution in [0.1, 0.15) is 62.7 Å². The van der Waals surface area contributed by atoms with Crippen LogP contribution in [0, 0.1) is 11.3 Å². The second-order valence-electron chi connectivity index (χ2n) is 12.4. The molecule has 0 aromatic carbocycles. The zero-order valence-corrected chi connectivity index (χ0v) is 24.7. The first kappa shape index (κ1) is 28.9. The molecule has 42 heavy (non-hydrogen) atoms. The monoisotopic (exact) mass is 603 g/mol. The predicted molar refractivity (Wildman–Crippen MR) is 156 cm³/mol. The van der Waals surface area contributed by atoms with E-state index in [0.29, 0.717) is 41.2 Å². The smallest absolute Gasteiger partial charge is 0.370 e. The molecule has 3 aliphatic heterocycles. The molecule has 4 bridgehead atoms. The van der Waals surface area contributed by atoms with Gasteiger partial charge in [0.05, 0.1) is 11.0 Å². The lowest BCUT2D eigenvalue weighted by Gasteiger charge is -2.34. The van der Waals surface area contributed by atoms with Crippen molar-refractivity contribution in [2.24, 2.45) is 11.3 Å². The van der Waals surface area contributed by atoms with Crippen molar-refractivity contribution < 1.29 is 22.8 Å². The van der Waals surface area contributed by atoms with Crippen LogP contribution < -0.4 is 19.8 Å². The Morgan fingerprint density at radius 1 is 1.10 bits per heavy atom. The van der Waals surface area contributed by atoms with E-state index in [-0.39, 0.29) is 43.3 Å². The van der Waals surface area contributed by atoms with E-state index in [2.05, 4.69) is 33.8 Å². The summed E-state index contributed by atoms with van der Waals surface area (Å²) in [6, 6.07) is 8.62. The molecular formula is C29H36F3N7O2S. The number of aromatic nitrogens is 2. The molecule has 3 fully saturated rings. The molecule has 1 atom stereocenters. The lowest BCUT2D eigenvalue weighted by Crippen LogP contribution is -2.41. The van der Waals surface area contributed by atoms with Crippen molar-refractivity contribution in [1.29, 1.82) is 0 Å². The molecule has 4 aliphatic rings. The average molecular weight is 604 g/mol. The van der Waals surface area contributed by atoms with E-state index in [1.54, 1.807) is 12.1 Å². The number of anilines is 3. The van der Waals surface area contributed by atoms with E-state index in [4.69, 9.17) is 4.98 Å². The average Bonchev–Trinajstić information content (AvgIpc) is 3.58. The number of rotatable bonds is 4. The van der Waals surface area contributed by atoms with Crippen molar-refractivity contribution in [2.45, 2.75) is 69.1 Å². The van der Waals surface area contributed by atoms with Crippen LogP contribution in [0.2, 0.25) is 0 Å². The number of hydrogen-bond acceptors (Lipinski definition) is 7. The van der Waals surface area contributed by atoms with Crippen LogP contribution in [0.15, 0.2) is 35.4 Å². The molecule has 0 radical (unpaired) electrons. The molecule has 2 N–H and O–H groups in total. The summed E-state index contributed by atoms with van der Waals surface area (Å²) in [6.07, 6.45) is -1.17. The van der Waals surface area contributed by atoms with Crippen molar-refractivity contribution in [3.8, 4) is 0 Å². The summed E-state index contributed by atoms with van der Waals surface area (Å²) in [5.74, 6) is 1.75. The Kier molecular flexibility index (Phi) is 7.43. The van der Waals surface area contributed by atoms with Crippen LogP contribution in [0.4, 0.5) is 35.4 Å². The maximum Gasteiger partial charge on any atom is 0.394 e. The molecule has 13 heteroatoms. The standard InChI is InChI=1S/C29H36F3N7O2S/c1-27(2)17-19-5-4-13-33-21-6-3-7-23(34-21)42-36-25(40)20-8-9-22(35-24(20)39(27)18-19)38-16-15-37(26(38)41)14-12-28(10-11-28)29(30,31)32/h3,6-9,19H,4-5,10-18H2,1-2H3,(H,33,34)(H,36,40). The molecule has 1 unspecified atom stereocenters. The minimum Gasteiger partial charge on any atom is -0.370 e. The van der Waals surface area contributed by atoms with Gasteiger partial charge in [-0.2, -0.15) is 13.2 Å². The molecule has 2 saturated heterocycles. The number of nitrogens with zero attached hydrogens (tertiary/aromatic N) is 5. The van der Waals surface area contributed by atoms with E-state index < -0.39 is 11.6 Å². The Morgan fingerprint density at radius 3 is 2.67 bits per heavy atom. The van der Waals surface area contributed by atoms with E-state index in [9.17, 15) is 22.8 Å². The van der Waals surface area contributed by atoms with Crippen molar-refractivity contribution in [3.63, 3.8) is 0 Å². The fourth-order valence-corrected chi connectivity index (χ4v) is 7.03. The van der Waals surface area contributed by atoms with Crippen molar-refractivity contribution in [2.75, 3.05) is 47.8 Å². The normalized spacial score (nSPS) is 23.5. The summed E-state index contributed by atoms with van der Waals surface area (Å²) in [4.78, 5) is 41.5. The van der Waals surface area contributed by atoms with Gasteiger partial charge >= 0.3 is 12.2 Å². The number of hydrogen-bond donors (Lipinski definition) is 2. The second-order valence-corrected chi connectivity index (χ2v) is 13.3. The molecule has 0 spiro atoms. The second kappa shape index (κ2) is 10.8. The van der Waals surface area contributed by atoms with Gasteiger partial charge in [-0.05, 0) is 82.6 Å². The third-order valence-corrected chi connectivity index (χ3v) is 9.80. The van der Waals surface area contributed by atoms with Gasteiger partial charge in [0.15, 0.2) is 0 Å². The molecule has 9 nitrogen and oxygen atoms in total. The van der Waals surface area contributed by atoms with Gasteiger partial charge in [0.2, 0.25) is 0 Å². The fraction of sp³-hybridized carbons (Fsp3) is 0.586. The highest BCUT2D eigenvalue weighted by atomic mass is 32.2. The molecule has 1 aliphatic carbocycles. The minimum atomic E-state index is -4.24. The highest BCUT2D eigenvalue weighted by Crippen LogP contribution is 2.60. The largest absolute Gasteiger partial charge is 0.394 e. The summed E-state index contributed by atoms with van der Waals surface area (Å²) in [5.41, 5.74) is -1.52. The molecule has 2 aromatic rings. The SMILES string of the molecule is CC1(C)CC2CCCNc3cccc(n3)SNC(=O)c3ccc(N4CCN(CCC5(C(F)(F)F)CC5)C4=O)nc3N1C2. The van der Waals surface area contributed by atoms with Crippen molar-refractivity contribution in [1.82, 2.24) is 19.6 Å². The number of halogens is 3. The minimum absolute atomic E-state index is 0.0599. The number of fused-ring (bicyclic) bond motifs is 6. The number of pyridine rings is 2. The molecule has 2 aromatic heterocycles. The topological polar surface area (TPSA) is 93.7 Å². The first-order valence-electron chi connectivity index (χ1n) is 14.6. The number of urea groups is 1. The third-order valence-electron chi connectivity index (χ3n) is 9.07. The van der Waals surface area contributed by atoms with E-state index in [1.165, 1.54) is 9.80 Å². The third kappa shape index (κ3) is 5.59. The van der Waals surface area contributed by atoms with Gasteiger partial charge < -0.3 is 15.1 Å². The van der Waals surface area contributed by atoms with Crippen LogP contribution in [0.25, 0.3) is 0 Å². The van der Waals surface area contributed by atoms with Crippen LogP contribution >= 0.6 is 11.9 Å². The zero-order valence-electron chi connectivity index (χ0n) is 23.8.